The van der Waals surface area contributed by atoms with Gasteiger partial charge in [0.15, 0.2) is 5.76 Å². The van der Waals surface area contributed by atoms with Gasteiger partial charge in [0.25, 0.3) is 11.6 Å². The Morgan fingerprint density at radius 1 is 1.00 bits per heavy atom. The van der Waals surface area contributed by atoms with Gasteiger partial charge in [-0.15, -0.1) is 10.2 Å². The molecule has 0 atom stereocenters. The van der Waals surface area contributed by atoms with Gasteiger partial charge >= 0.3 is 0 Å². The summed E-state index contributed by atoms with van der Waals surface area (Å²) in [5.41, 5.74) is 2.53. The van der Waals surface area contributed by atoms with Crippen molar-refractivity contribution in [3.63, 3.8) is 0 Å². The number of ether oxygens (including phenoxy) is 2. The molecule has 0 spiro atoms. The fraction of sp³-hybridized carbons (Fsp3) is 0.115. The van der Waals surface area contributed by atoms with E-state index in [0.717, 1.165) is 11.4 Å². The molecule has 1 N–H and O–H groups in total. The SMILES string of the molecule is CCOc1ccc(-n2nc3ccc(NC(=O)c4ccc(-c5ccc(OC)cc5[N+](=O)[O-])o4)cc3n2)cc1. The number of carbonyl (C=O) groups excluding carboxylic acids is 1. The maximum atomic E-state index is 12.8. The number of rotatable bonds is 8. The Morgan fingerprint density at radius 3 is 2.49 bits per heavy atom. The Kier molecular flexibility index (Phi) is 6.25. The van der Waals surface area contributed by atoms with Crippen molar-refractivity contribution in [1.29, 1.82) is 0 Å². The second kappa shape index (κ2) is 9.82. The van der Waals surface area contributed by atoms with Gasteiger partial charge in [-0.2, -0.15) is 4.80 Å². The van der Waals surface area contributed by atoms with E-state index in [0.29, 0.717) is 29.1 Å². The summed E-state index contributed by atoms with van der Waals surface area (Å²) in [6.45, 7) is 2.50. The number of nitrogens with one attached hydrogen (secondary N) is 1. The molecule has 0 aliphatic heterocycles. The van der Waals surface area contributed by atoms with Gasteiger partial charge in [0, 0.05) is 5.69 Å². The first kappa shape index (κ1) is 23.5. The third-order valence-corrected chi connectivity index (χ3v) is 5.51. The number of furan rings is 1. The van der Waals surface area contributed by atoms with Crippen LogP contribution in [0.15, 0.2) is 77.2 Å². The van der Waals surface area contributed by atoms with E-state index in [2.05, 4.69) is 15.5 Å². The first-order valence-electron chi connectivity index (χ1n) is 11.3. The van der Waals surface area contributed by atoms with Crippen LogP contribution in [0.2, 0.25) is 0 Å². The van der Waals surface area contributed by atoms with Crippen molar-refractivity contribution in [1.82, 2.24) is 15.0 Å². The topological polar surface area (TPSA) is 135 Å². The summed E-state index contributed by atoms with van der Waals surface area (Å²) in [7, 11) is 1.42. The highest BCUT2D eigenvalue weighted by Crippen LogP contribution is 2.34. The number of methoxy groups -OCH3 is 1. The van der Waals surface area contributed by atoms with E-state index in [1.54, 1.807) is 24.3 Å². The highest BCUT2D eigenvalue weighted by atomic mass is 16.6. The molecule has 186 valence electrons. The molecule has 3 aromatic carbocycles. The number of carbonyl (C=O) groups is 1. The molecule has 0 radical (unpaired) electrons. The Balaban J connectivity index is 1.35. The summed E-state index contributed by atoms with van der Waals surface area (Å²) in [6.07, 6.45) is 0. The molecule has 37 heavy (non-hydrogen) atoms. The maximum absolute atomic E-state index is 12.8. The fourth-order valence-corrected chi connectivity index (χ4v) is 3.75. The van der Waals surface area contributed by atoms with E-state index < -0.39 is 10.8 Å². The van der Waals surface area contributed by atoms with Crippen LogP contribution in [-0.4, -0.2) is 39.5 Å². The Labute approximate surface area is 210 Å². The first-order chi connectivity index (χ1) is 17.9. The van der Waals surface area contributed by atoms with Crippen LogP contribution in [0.25, 0.3) is 28.0 Å². The van der Waals surface area contributed by atoms with Crippen LogP contribution in [0.1, 0.15) is 17.5 Å². The number of anilines is 1. The van der Waals surface area contributed by atoms with Crippen molar-refractivity contribution in [3.05, 3.63) is 88.7 Å². The summed E-state index contributed by atoms with van der Waals surface area (Å²) in [6, 6.07) is 19.9. The van der Waals surface area contributed by atoms with Crippen molar-refractivity contribution in [3.8, 4) is 28.5 Å². The fourth-order valence-electron chi connectivity index (χ4n) is 3.75. The quantitative estimate of drug-likeness (QED) is 0.226. The van der Waals surface area contributed by atoms with Gasteiger partial charge in [-0.25, -0.2) is 0 Å². The molecule has 0 bridgehead atoms. The third kappa shape index (κ3) is 4.82. The van der Waals surface area contributed by atoms with Gasteiger partial charge in [0.1, 0.15) is 28.3 Å². The van der Waals surface area contributed by atoms with Crippen molar-refractivity contribution in [2.24, 2.45) is 0 Å². The minimum atomic E-state index is -0.532. The predicted molar refractivity (Wildman–Crippen MR) is 135 cm³/mol. The third-order valence-electron chi connectivity index (χ3n) is 5.51. The molecule has 0 unspecified atom stereocenters. The molecule has 0 aliphatic rings. The predicted octanol–water partition coefficient (Wildman–Crippen LogP) is 5.25. The van der Waals surface area contributed by atoms with E-state index in [-0.39, 0.29) is 22.8 Å². The lowest BCUT2D eigenvalue weighted by atomic mass is 10.1. The zero-order valence-corrected chi connectivity index (χ0v) is 19.9. The lowest BCUT2D eigenvalue weighted by molar-refractivity contribution is -0.384. The van der Waals surface area contributed by atoms with Crippen molar-refractivity contribution < 1.29 is 23.6 Å². The molecule has 11 heteroatoms. The Hall–Kier alpha value is -5.19. The monoisotopic (exact) mass is 499 g/mol. The molecule has 2 heterocycles. The second-order valence-electron chi connectivity index (χ2n) is 7.88. The Morgan fingerprint density at radius 2 is 1.76 bits per heavy atom. The summed E-state index contributed by atoms with van der Waals surface area (Å²) >= 11 is 0. The number of amides is 1. The maximum Gasteiger partial charge on any atom is 0.291 e. The summed E-state index contributed by atoms with van der Waals surface area (Å²) in [5.74, 6) is 0.776. The van der Waals surface area contributed by atoms with Crippen LogP contribution in [0.4, 0.5) is 11.4 Å². The number of hydrogen-bond acceptors (Lipinski definition) is 8. The van der Waals surface area contributed by atoms with Crippen molar-refractivity contribution >= 4 is 28.3 Å². The molecule has 0 fully saturated rings. The number of fused-ring (bicyclic) bond motifs is 1. The summed E-state index contributed by atoms with van der Waals surface area (Å²) in [5, 5.41) is 23.2. The van der Waals surface area contributed by atoms with Crippen LogP contribution in [0, 0.1) is 10.1 Å². The van der Waals surface area contributed by atoms with Crippen LogP contribution in [-0.2, 0) is 0 Å². The molecule has 1 amide bonds. The number of nitro groups is 1. The van der Waals surface area contributed by atoms with Gasteiger partial charge in [-0.3, -0.25) is 14.9 Å². The lowest BCUT2D eigenvalue weighted by Crippen LogP contribution is -2.10. The molecule has 5 rings (SSSR count). The highest BCUT2D eigenvalue weighted by molar-refractivity contribution is 6.03. The van der Waals surface area contributed by atoms with Gasteiger partial charge in [0.2, 0.25) is 0 Å². The zero-order valence-electron chi connectivity index (χ0n) is 19.9. The smallest absolute Gasteiger partial charge is 0.291 e. The summed E-state index contributed by atoms with van der Waals surface area (Å²) < 4.78 is 16.2. The van der Waals surface area contributed by atoms with Gasteiger partial charge < -0.3 is 19.2 Å². The average molecular weight is 499 g/mol. The van der Waals surface area contributed by atoms with Gasteiger partial charge in [0.05, 0.1) is 36.0 Å². The molecule has 0 aliphatic carbocycles. The second-order valence-corrected chi connectivity index (χ2v) is 7.88. The van der Waals surface area contributed by atoms with Gasteiger partial charge in [-0.1, -0.05) is 0 Å². The largest absolute Gasteiger partial charge is 0.497 e. The van der Waals surface area contributed by atoms with Crippen molar-refractivity contribution in [2.75, 3.05) is 19.0 Å². The zero-order chi connectivity index (χ0) is 25.9. The standard InChI is InChI=1S/C26H21N5O6/c1-3-36-18-7-5-17(6-8-18)30-28-21-11-4-16(14-22(21)29-30)27-26(32)25-13-12-24(37-25)20-10-9-19(35-2)15-23(20)31(33)34/h4-15H,3H2,1-2H3,(H,27,32). The molecular weight excluding hydrogens is 478 g/mol. The van der Waals surface area contributed by atoms with E-state index >= 15 is 0 Å². The van der Waals surface area contributed by atoms with Crippen LogP contribution >= 0.6 is 0 Å². The minimum Gasteiger partial charge on any atom is -0.497 e. The molecule has 0 saturated carbocycles. The molecule has 11 nitrogen and oxygen atoms in total. The Bertz CT molecular complexity index is 1610. The number of benzene rings is 3. The highest BCUT2D eigenvalue weighted by Gasteiger charge is 2.21. The average Bonchev–Trinajstić information content (AvgIpc) is 3.56. The van der Waals surface area contributed by atoms with Crippen LogP contribution in [0.5, 0.6) is 11.5 Å². The molecule has 0 saturated heterocycles. The number of hydrogen-bond donors (Lipinski definition) is 1. The molecular formula is C26H21N5O6. The van der Waals surface area contributed by atoms with Crippen molar-refractivity contribution in [2.45, 2.75) is 6.92 Å². The summed E-state index contributed by atoms with van der Waals surface area (Å²) in [4.78, 5) is 25.3. The lowest BCUT2D eigenvalue weighted by Gasteiger charge is -2.04. The van der Waals surface area contributed by atoms with E-state index in [4.69, 9.17) is 13.9 Å². The van der Waals surface area contributed by atoms with E-state index in [1.807, 2.05) is 31.2 Å². The normalized spacial score (nSPS) is 10.9. The number of aromatic nitrogens is 3. The van der Waals surface area contributed by atoms with Gasteiger partial charge in [-0.05, 0) is 73.7 Å². The number of nitro benzene ring substituents is 1. The number of nitrogens with zero attached hydrogens (tertiary/aromatic N) is 4. The molecule has 2 aromatic heterocycles. The van der Waals surface area contributed by atoms with Crippen LogP contribution in [0.3, 0.4) is 0 Å². The van der Waals surface area contributed by atoms with E-state index in [9.17, 15) is 14.9 Å². The van der Waals surface area contributed by atoms with Crippen LogP contribution < -0.4 is 14.8 Å². The minimum absolute atomic E-state index is 0.00162. The molecule has 5 aromatic rings. The first-order valence-corrected chi connectivity index (χ1v) is 11.3. The van der Waals surface area contributed by atoms with E-state index in [1.165, 1.54) is 36.2 Å².